The van der Waals surface area contributed by atoms with Gasteiger partial charge in [0.1, 0.15) is 17.4 Å². The Labute approximate surface area is 260 Å². The van der Waals surface area contributed by atoms with Crippen molar-refractivity contribution < 1.29 is 18.7 Å². The first kappa shape index (κ1) is 30.1. The summed E-state index contributed by atoms with van der Waals surface area (Å²) in [6.45, 7) is 3.11. The van der Waals surface area contributed by atoms with Crippen LogP contribution < -0.4 is 4.74 Å². The fraction of sp³-hybridized carbons (Fsp3) is 0.143. The van der Waals surface area contributed by atoms with E-state index in [1.807, 2.05) is 72.3 Å². The van der Waals surface area contributed by atoms with Gasteiger partial charge in [0, 0.05) is 28.9 Å². The molecule has 43 heavy (non-hydrogen) atoms. The van der Waals surface area contributed by atoms with E-state index >= 15 is 0 Å². The lowest BCUT2D eigenvalue weighted by molar-refractivity contribution is 0.0600. The van der Waals surface area contributed by atoms with Crippen molar-refractivity contribution in [1.29, 1.82) is 0 Å². The van der Waals surface area contributed by atoms with Crippen LogP contribution in [0, 0.1) is 5.82 Å². The Morgan fingerprint density at radius 2 is 1.70 bits per heavy atom. The molecule has 0 unspecified atom stereocenters. The molecule has 0 amide bonds. The number of ether oxygens (including phenoxy) is 2. The number of nitrogens with zero attached hydrogens (tertiary/aromatic N) is 2. The molecule has 0 spiro atoms. The van der Waals surface area contributed by atoms with Crippen molar-refractivity contribution in [3.63, 3.8) is 0 Å². The van der Waals surface area contributed by atoms with E-state index in [2.05, 4.69) is 0 Å². The fourth-order valence-electron chi connectivity index (χ4n) is 4.56. The number of esters is 1. The highest BCUT2D eigenvalue weighted by Crippen LogP contribution is 2.31. The molecule has 0 N–H and O–H groups in total. The van der Waals surface area contributed by atoms with Gasteiger partial charge in [-0.3, -0.25) is 0 Å². The van der Waals surface area contributed by atoms with Crippen LogP contribution >= 0.6 is 23.2 Å². The largest absolute Gasteiger partial charge is 0.494 e. The molecule has 1 heterocycles. The second-order valence-corrected chi connectivity index (χ2v) is 10.7. The minimum atomic E-state index is -0.385. The molecule has 4 aromatic carbocycles. The highest BCUT2D eigenvalue weighted by molar-refractivity contribution is 6.36. The van der Waals surface area contributed by atoms with Crippen LogP contribution in [0.5, 0.6) is 5.75 Å². The Morgan fingerprint density at radius 1 is 0.930 bits per heavy atom. The summed E-state index contributed by atoms with van der Waals surface area (Å²) in [4.78, 5) is 16.7. The number of rotatable bonds is 10. The number of carbonyl (C=O) groups excluding carboxylic acids is 1. The average molecular weight is 616 g/mol. The molecule has 0 aliphatic rings. The molecule has 8 heteroatoms. The van der Waals surface area contributed by atoms with Crippen LogP contribution in [-0.2, 0) is 11.3 Å². The molecule has 0 saturated carbocycles. The van der Waals surface area contributed by atoms with Gasteiger partial charge in [-0.1, -0.05) is 72.6 Å². The molecule has 5 aromatic rings. The predicted molar refractivity (Wildman–Crippen MR) is 171 cm³/mol. The standard InChI is InChI=1S/C35H29Cl2FN2O3/c1-3-18-43-28-14-16-32(38)30(20-28)25-9-4-23(5-10-25)8-17-34-39-33(29-15-13-27(36)19-31(29)37)22-40(34)21-24-6-11-26(12-7-24)35(41)42-2/h4-17,19-20,22H,3,18,21H2,1-2H3. The first-order chi connectivity index (χ1) is 20.8. The number of hydrogen-bond donors (Lipinski definition) is 0. The predicted octanol–water partition coefficient (Wildman–Crippen LogP) is 9.46. The number of methoxy groups -OCH3 is 1. The van der Waals surface area contributed by atoms with E-state index in [4.69, 9.17) is 37.7 Å². The quantitative estimate of drug-likeness (QED) is 0.147. The number of aromatic nitrogens is 2. The molecule has 0 fully saturated rings. The van der Waals surface area contributed by atoms with E-state index in [1.165, 1.54) is 13.2 Å². The van der Waals surface area contributed by atoms with Gasteiger partial charge in [-0.25, -0.2) is 14.2 Å². The van der Waals surface area contributed by atoms with Gasteiger partial charge >= 0.3 is 5.97 Å². The lowest BCUT2D eigenvalue weighted by Gasteiger charge is -2.09. The van der Waals surface area contributed by atoms with Crippen LogP contribution in [0.25, 0.3) is 34.5 Å². The number of carbonyl (C=O) groups is 1. The monoisotopic (exact) mass is 614 g/mol. The summed E-state index contributed by atoms with van der Waals surface area (Å²) in [6, 6.07) is 25.0. The molecule has 0 aliphatic heterocycles. The van der Waals surface area contributed by atoms with Crippen LogP contribution in [0.1, 0.15) is 40.7 Å². The number of imidazole rings is 1. The van der Waals surface area contributed by atoms with E-state index in [9.17, 15) is 9.18 Å². The lowest BCUT2D eigenvalue weighted by Crippen LogP contribution is -2.03. The molecule has 1 aromatic heterocycles. The van der Waals surface area contributed by atoms with Crippen LogP contribution in [0.3, 0.4) is 0 Å². The van der Waals surface area contributed by atoms with Gasteiger partial charge in [0.05, 0.1) is 30.0 Å². The third kappa shape index (κ3) is 7.34. The fourth-order valence-corrected chi connectivity index (χ4v) is 5.06. The lowest BCUT2D eigenvalue weighted by atomic mass is 10.0. The molecule has 218 valence electrons. The third-order valence-electron chi connectivity index (χ3n) is 6.80. The molecule has 0 radical (unpaired) electrons. The van der Waals surface area contributed by atoms with Crippen LogP contribution in [0.2, 0.25) is 10.0 Å². The Kier molecular flexibility index (Phi) is 9.60. The summed E-state index contributed by atoms with van der Waals surface area (Å²) in [6.07, 6.45) is 6.68. The van der Waals surface area contributed by atoms with E-state index in [0.29, 0.717) is 51.6 Å². The summed E-state index contributed by atoms with van der Waals surface area (Å²) >= 11 is 12.6. The number of halogens is 3. The highest BCUT2D eigenvalue weighted by atomic mass is 35.5. The van der Waals surface area contributed by atoms with Crippen molar-refractivity contribution in [2.45, 2.75) is 19.9 Å². The Balaban J connectivity index is 1.43. The Hall–Kier alpha value is -4.39. The topological polar surface area (TPSA) is 53.4 Å². The van der Waals surface area contributed by atoms with Gasteiger partial charge in [0.25, 0.3) is 0 Å². The summed E-state index contributed by atoms with van der Waals surface area (Å²) in [5.41, 5.74) is 5.08. The van der Waals surface area contributed by atoms with Crippen molar-refractivity contribution in [3.8, 4) is 28.1 Å². The van der Waals surface area contributed by atoms with Gasteiger partial charge in [-0.2, -0.15) is 0 Å². The van der Waals surface area contributed by atoms with Gasteiger partial charge in [-0.15, -0.1) is 0 Å². The average Bonchev–Trinajstić information content (AvgIpc) is 3.41. The summed E-state index contributed by atoms with van der Waals surface area (Å²) in [5, 5.41) is 1.05. The first-order valence-corrected chi connectivity index (χ1v) is 14.5. The Morgan fingerprint density at radius 3 is 2.40 bits per heavy atom. The second kappa shape index (κ2) is 13.7. The van der Waals surface area contributed by atoms with Crippen LogP contribution in [0.15, 0.2) is 91.1 Å². The zero-order valence-electron chi connectivity index (χ0n) is 23.7. The van der Waals surface area contributed by atoms with Gasteiger partial charge < -0.3 is 14.0 Å². The maximum atomic E-state index is 14.6. The maximum absolute atomic E-state index is 14.6. The van der Waals surface area contributed by atoms with Crippen LogP contribution in [-0.4, -0.2) is 29.2 Å². The van der Waals surface area contributed by atoms with Gasteiger partial charge in [0.15, 0.2) is 0 Å². The zero-order valence-corrected chi connectivity index (χ0v) is 25.2. The molecular formula is C35H29Cl2FN2O3. The molecule has 0 aliphatic carbocycles. The number of hydrogen-bond acceptors (Lipinski definition) is 4. The van der Waals surface area contributed by atoms with E-state index in [-0.39, 0.29) is 11.8 Å². The summed E-state index contributed by atoms with van der Waals surface area (Å²) in [5.74, 6) is 0.658. The molecular weight excluding hydrogens is 586 g/mol. The molecule has 5 rings (SSSR count). The minimum Gasteiger partial charge on any atom is -0.494 e. The van der Waals surface area contributed by atoms with Crippen molar-refractivity contribution in [2.75, 3.05) is 13.7 Å². The summed E-state index contributed by atoms with van der Waals surface area (Å²) in [7, 11) is 1.36. The summed E-state index contributed by atoms with van der Waals surface area (Å²) < 4.78 is 27.1. The Bertz CT molecular complexity index is 1760. The maximum Gasteiger partial charge on any atom is 0.337 e. The van der Waals surface area contributed by atoms with Crippen molar-refractivity contribution in [1.82, 2.24) is 9.55 Å². The smallest absolute Gasteiger partial charge is 0.337 e. The molecule has 0 atom stereocenters. The highest BCUT2D eigenvalue weighted by Gasteiger charge is 2.13. The normalized spacial score (nSPS) is 11.2. The molecule has 5 nitrogen and oxygen atoms in total. The second-order valence-electron chi connectivity index (χ2n) is 9.87. The van der Waals surface area contributed by atoms with Crippen LogP contribution in [0.4, 0.5) is 4.39 Å². The SMILES string of the molecule is CCCOc1ccc(F)c(-c2ccc(C=Cc3nc(-c4ccc(Cl)cc4Cl)cn3Cc3ccc(C(=O)OC)cc3)cc2)c1. The van der Waals surface area contributed by atoms with E-state index in [1.54, 1.807) is 36.4 Å². The van der Waals surface area contributed by atoms with Gasteiger partial charge in [0.2, 0.25) is 0 Å². The third-order valence-corrected chi connectivity index (χ3v) is 7.35. The van der Waals surface area contributed by atoms with Crippen molar-refractivity contribution in [2.24, 2.45) is 0 Å². The number of benzene rings is 4. The van der Waals surface area contributed by atoms with E-state index in [0.717, 1.165) is 28.7 Å². The zero-order chi connectivity index (χ0) is 30.3. The van der Waals surface area contributed by atoms with E-state index < -0.39 is 0 Å². The molecule has 0 bridgehead atoms. The molecule has 0 saturated heterocycles. The van der Waals surface area contributed by atoms with Crippen molar-refractivity contribution >= 4 is 41.3 Å². The first-order valence-electron chi connectivity index (χ1n) is 13.8. The van der Waals surface area contributed by atoms with Crippen molar-refractivity contribution in [3.05, 3.63) is 130 Å². The minimum absolute atomic E-state index is 0.304. The van der Waals surface area contributed by atoms with Gasteiger partial charge in [-0.05, 0) is 77.7 Å².